The number of likely N-dealkylation sites (N-methyl/N-ethyl adjacent to an activating group) is 1. The largest absolute Gasteiger partial charge is 0.507 e. The van der Waals surface area contributed by atoms with Crippen LogP contribution in [0.1, 0.15) is 24.5 Å². The molecule has 2 aromatic carbocycles. The number of carbonyl (C=O) groups is 3. The molecule has 2 fully saturated rings. The number of benzene rings is 2. The quantitative estimate of drug-likeness (QED) is 0.330. The number of carbonyl (C=O) groups excluding carboxylic acids is 3. The van der Waals surface area contributed by atoms with E-state index in [1.54, 1.807) is 49.5 Å². The Morgan fingerprint density at radius 1 is 1.08 bits per heavy atom. The third kappa shape index (κ3) is 3.98. The number of Topliss-reactive ketones (excluding diaryl/α,β-unsaturated/α-hetero) is 1. The molecule has 0 aliphatic carbocycles. The molecular weight excluding hydrogens is 474 g/mol. The molecule has 3 aliphatic rings. The second kappa shape index (κ2) is 9.99. The zero-order valence-electron chi connectivity index (χ0n) is 21.2. The normalized spacial score (nSPS) is 23.2. The van der Waals surface area contributed by atoms with Crippen LogP contribution in [0.4, 0.5) is 5.69 Å². The molecule has 1 atom stereocenters. The number of rotatable bonds is 7. The van der Waals surface area contributed by atoms with Crippen LogP contribution >= 0.6 is 0 Å². The lowest BCUT2D eigenvalue weighted by molar-refractivity contribution is -0.908. The van der Waals surface area contributed by atoms with Crippen LogP contribution in [0.25, 0.3) is 5.76 Å². The van der Waals surface area contributed by atoms with Crippen molar-refractivity contribution in [2.75, 3.05) is 57.9 Å². The lowest BCUT2D eigenvalue weighted by Gasteiger charge is -2.34. The molecule has 2 aromatic rings. The van der Waals surface area contributed by atoms with Gasteiger partial charge in [0.2, 0.25) is 0 Å². The molecular formula is C28H32N3O6+. The highest BCUT2D eigenvalue weighted by Crippen LogP contribution is 2.53. The summed E-state index contributed by atoms with van der Waals surface area (Å²) in [5.41, 5.74) is -0.452. The van der Waals surface area contributed by atoms with E-state index in [1.165, 1.54) is 14.7 Å². The topological polar surface area (TPSA) is 101 Å². The Hall–Kier alpha value is -3.69. The average molecular weight is 507 g/mol. The third-order valence-electron chi connectivity index (χ3n) is 7.49. The summed E-state index contributed by atoms with van der Waals surface area (Å²) in [6.07, 6.45) is 0.604. The van der Waals surface area contributed by atoms with E-state index in [9.17, 15) is 19.5 Å². The Balaban J connectivity index is 1.60. The van der Waals surface area contributed by atoms with Crippen molar-refractivity contribution >= 4 is 29.0 Å². The van der Waals surface area contributed by atoms with Crippen molar-refractivity contribution in [1.29, 1.82) is 0 Å². The van der Waals surface area contributed by atoms with E-state index in [2.05, 4.69) is 0 Å². The number of fused-ring (bicyclic) bond motifs is 2. The molecule has 3 heterocycles. The summed E-state index contributed by atoms with van der Waals surface area (Å²) in [4.78, 5) is 45.3. The van der Waals surface area contributed by atoms with E-state index in [0.29, 0.717) is 48.8 Å². The molecule has 9 nitrogen and oxygen atoms in total. The van der Waals surface area contributed by atoms with Gasteiger partial charge >= 0.3 is 0 Å². The lowest BCUT2D eigenvalue weighted by atomic mass is 9.82. The molecule has 0 bridgehead atoms. The number of ether oxygens (including phenoxy) is 2. The maximum Gasteiger partial charge on any atom is 0.296 e. The summed E-state index contributed by atoms with van der Waals surface area (Å²) in [5, 5.41) is 11.5. The van der Waals surface area contributed by atoms with Crippen LogP contribution < -0.4 is 14.5 Å². The SMILES string of the molecule is CCOc1ccc(C(O)=C2C(=O)C(=O)N(CCC[NH+]3CCOCC3)C23C(=O)N(C)c2ccccc23)cc1. The second-order valence-electron chi connectivity index (χ2n) is 9.52. The molecule has 0 aromatic heterocycles. The van der Waals surface area contributed by atoms with Crippen LogP contribution in [-0.2, 0) is 24.7 Å². The fourth-order valence-corrected chi connectivity index (χ4v) is 5.69. The van der Waals surface area contributed by atoms with Crippen LogP contribution in [0.5, 0.6) is 5.75 Å². The van der Waals surface area contributed by atoms with Gasteiger partial charge in [0, 0.05) is 36.8 Å². The smallest absolute Gasteiger partial charge is 0.296 e. The molecule has 9 heteroatoms. The highest BCUT2D eigenvalue weighted by molar-refractivity contribution is 6.50. The van der Waals surface area contributed by atoms with E-state index in [1.807, 2.05) is 13.0 Å². The van der Waals surface area contributed by atoms with E-state index in [-0.39, 0.29) is 17.9 Å². The average Bonchev–Trinajstić information content (AvgIpc) is 3.28. The van der Waals surface area contributed by atoms with E-state index in [4.69, 9.17) is 9.47 Å². The molecule has 2 amide bonds. The monoisotopic (exact) mass is 506 g/mol. The number of nitrogens with zero attached hydrogens (tertiary/aromatic N) is 2. The lowest BCUT2D eigenvalue weighted by Crippen LogP contribution is -3.14. The summed E-state index contributed by atoms with van der Waals surface area (Å²) in [7, 11) is 1.63. The molecule has 194 valence electrons. The molecule has 37 heavy (non-hydrogen) atoms. The van der Waals surface area contributed by atoms with Gasteiger partial charge < -0.3 is 29.3 Å². The summed E-state index contributed by atoms with van der Waals surface area (Å²) in [5.74, 6) is -1.83. The zero-order chi connectivity index (χ0) is 26.2. The number of aliphatic hydroxyl groups is 1. The summed E-state index contributed by atoms with van der Waals surface area (Å²) >= 11 is 0. The minimum Gasteiger partial charge on any atom is -0.507 e. The highest BCUT2D eigenvalue weighted by atomic mass is 16.5. The van der Waals surface area contributed by atoms with Crippen molar-refractivity contribution in [2.24, 2.45) is 0 Å². The Bertz CT molecular complexity index is 1250. The first kappa shape index (κ1) is 25.0. The predicted molar refractivity (Wildman–Crippen MR) is 136 cm³/mol. The first-order valence-corrected chi connectivity index (χ1v) is 12.7. The van der Waals surface area contributed by atoms with Crippen LogP contribution in [0.3, 0.4) is 0 Å². The fourth-order valence-electron chi connectivity index (χ4n) is 5.69. The van der Waals surface area contributed by atoms with Gasteiger partial charge in [0.25, 0.3) is 17.6 Å². The number of para-hydroxylation sites is 1. The number of likely N-dealkylation sites (tertiary alicyclic amines) is 1. The molecule has 5 rings (SSSR count). The number of aliphatic hydroxyl groups excluding tert-OH is 1. The summed E-state index contributed by atoms with van der Waals surface area (Å²) < 4.78 is 10.9. The van der Waals surface area contributed by atoms with Crippen molar-refractivity contribution < 1.29 is 33.9 Å². The number of quaternary nitrogens is 1. The number of ketones is 1. The van der Waals surface area contributed by atoms with Gasteiger partial charge in [-0.1, -0.05) is 18.2 Å². The number of nitrogens with one attached hydrogen (secondary N) is 1. The maximum atomic E-state index is 14.0. The van der Waals surface area contributed by atoms with Crippen LogP contribution in [0.15, 0.2) is 54.1 Å². The van der Waals surface area contributed by atoms with Crippen molar-refractivity contribution in [2.45, 2.75) is 18.9 Å². The first-order valence-electron chi connectivity index (χ1n) is 12.7. The van der Waals surface area contributed by atoms with E-state index >= 15 is 0 Å². The number of amides is 2. The van der Waals surface area contributed by atoms with Gasteiger partial charge in [-0.3, -0.25) is 14.4 Å². The van der Waals surface area contributed by atoms with Crippen molar-refractivity contribution in [3.05, 3.63) is 65.2 Å². The Morgan fingerprint density at radius 2 is 1.78 bits per heavy atom. The molecule has 0 radical (unpaired) electrons. The predicted octanol–water partition coefficient (Wildman–Crippen LogP) is 0.943. The van der Waals surface area contributed by atoms with E-state index < -0.39 is 23.1 Å². The molecule has 1 unspecified atom stereocenters. The minimum absolute atomic E-state index is 0.192. The van der Waals surface area contributed by atoms with Crippen LogP contribution in [-0.4, -0.2) is 80.7 Å². The molecule has 2 saturated heterocycles. The summed E-state index contributed by atoms with van der Waals surface area (Å²) in [6, 6.07) is 13.7. The maximum absolute atomic E-state index is 14.0. The van der Waals surface area contributed by atoms with Gasteiger partial charge in [-0.2, -0.15) is 0 Å². The van der Waals surface area contributed by atoms with Gasteiger partial charge in [-0.25, -0.2) is 0 Å². The molecule has 2 N–H and O–H groups in total. The van der Waals surface area contributed by atoms with Gasteiger partial charge in [0.05, 0.1) is 31.9 Å². The first-order chi connectivity index (χ1) is 17.9. The molecule has 0 saturated carbocycles. The number of morpholine rings is 1. The molecule has 1 spiro atoms. The Labute approximate surface area is 215 Å². The Morgan fingerprint density at radius 3 is 2.49 bits per heavy atom. The van der Waals surface area contributed by atoms with Gasteiger partial charge in [0.1, 0.15) is 24.6 Å². The molecule has 3 aliphatic heterocycles. The van der Waals surface area contributed by atoms with E-state index in [0.717, 1.165) is 19.6 Å². The Kier molecular flexibility index (Phi) is 6.74. The van der Waals surface area contributed by atoms with Crippen molar-refractivity contribution in [1.82, 2.24) is 4.90 Å². The van der Waals surface area contributed by atoms with Crippen LogP contribution in [0.2, 0.25) is 0 Å². The summed E-state index contributed by atoms with van der Waals surface area (Å²) in [6.45, 7) is 6.50. The fraction of sp³-hybridized carbons (Fsp3) is 0.393. The second-order valence-corrected chi connectivity index (χ2v) is 9.52. The van der Waals surface area contributed by atoms with Gasteiger partial charge in [-0.05, 0) is 37.3 Å². The number of anilines is 1. The standard InChI is InChI=1S/C28H31N3O6/c1-3-37-20-11-9-19(10-12-20)24(32)23-25(33)26(34)31(14-6-13-30-15-17-36-18-16-30)28(23)21-7-4-5-8-22(21)29(2)27(28)35/h4-5,7-12,32H,3,6,13-18H2,1-2H3/p+1. The van der Waals surface area contributed by atoms with Crippen molar-refractivity contribution in [3.63, 3.8) is 0 Å². The van der Waals surface area contributed by atoms with Gasteiger partial charge in [-0.15, -0.1) is 0 Å². The van der Waals surface area contributed by atoms with Gasteiger partial charge in [0.15, 0.2) is 5.54 Å². The van der Waals surface area contributed by atoms with Crippen LogP contribution in [0, 0.1) is 0 Å². The number of hydrogen-bond acceptors (Lipinski definition) is 6. The third-order valence-corrected chi connectivity index (χ3v) is 7.49. The van der Waals surface area contributed by atoms with Crippen molar-refractivity contribution in [3.8, 4) is 5.75 Å². The number of hydrogen-bond donors (Lipinski definition) is 2. The highest BCUT2D eigenvalue weighted by Gasteiger charge is 2.66. The zero-order valence-corrected chi connectivity index (χ0v) is 21.2. The minimum atomic E-state index is -1.72.